The minimum absolute atomic E-state index is 0.123. The Morgan fingerprint density at radius 1 is 1.05 bits per heavy atom. The Kier molecular flexibility index (Phi) is 3.78. The average molecular weight is 292 g/mol. The fourth-order valence-corrected chi connectivity index (χ4v) is 1.96. The van der Waals surface area contributed by atoms with Crippen molar-refractivity contribution >= 4 is 17.9 Å². The van der Waals surface area contributed by atoms with E-state index in [1.807, 2.05) is 30.3 Å². The Morgan fingerprint density at radius 3 is 2.45 bits per heavy atom. The van der Waals surface area contributed by atoms with E-state index in [-0.39, 0.29) is 5.76 Å². The van der Waals surface area contributed by atoms with Crippen molar-refractivity contribution in [3.8, 4) is 11.3 Å². The van der Waals surface area contributed by atoms with Gasteiger partial charge in [0.1, 0.15) is 12.0 Å². The van der Waals surface area contributed by atoms with Crippen LogP contribution in [0.25, 0.3) is 11.3 Å². The highest BCUT2D eigenvalue weighted by atomic mass is 16.5. The van der Waals surface area contributed by atoms with Crippen molar-refractivity contribution in [3.05, 3.63) is 72.0 Å². The van der Waals surface area contributed by atoms with E-state index >= 15 is 0 Å². The second kappa shape index (κ2) is 6.05. The molecule has 108 valence electrons. The molecule has 0 saturated heterocycles. The van der Waals surface area contributed by atoms with Crippen LogP contribution in [0.2, 0.25) is 0 Å². The van der Waals surface area contributed by atoms with Crippen LogP contribution < -0.4 is 5.32 Å². The van der Waals surface area contributed by atoms with Gasteiger partial charge in [-0.3, -0.25) is 9.59 Å². The molecule has 0 aliphatic heterocycles. The fraction of sp³-hybridized carbons (Fsp3) is 0. The van der Waals surface area contributed by atoms with Crippen LogP contribution in [0.3, 0.4) is 0 Å². The standard InChI is InChI=1S/C17H12N2O3/c20-11-12-6-8-14(9-7-12)18-17(21)16-10-15(19-22-16)13-4-2-1-3-5-13/h1-11H,(H,18,21). The molecule has 0 radical (unpaired) electrons. The summed E-state index contributed by atoms with van der Waals surface area (Å²) < 4.78 is 5.08. The number of aromatic nitrogens is 1. The normalized spacial score (nSPS) is 10.2. The molecule has 0 atom stereocenters. The van der Waals surface area contributed by atoms with Crippen molar-refractivity contribution in [2.24, 2.45) is 0 Å². The number of benzene rings is 2. The molecule has 0 aliphatic carbocycles. The van der Waals surface area contributed by atoms with Crippen LogP contribution in [0, 0.1) is 0 Å². The SMILES string of the molecule is O=Cc1ccc(NC(=O)c2cc(-c3ccccc3)no2)cc1. The van der Waals surface area contributed by atoms with Crippen LogP contribution in [0.1, 0.15) is 20.9 Å². The van der Waals surface area contributed by atoms with Crippen LogP contribution in [0.4, 0.5) is 5.69 Å². The number of carbonyl (C=O) groups is 2. The third-order valence-corrected chi connectivity index (χ3v) is 3.11. The summed E-state index contributed by atoms with van der Waals surface area (Å²) in [6.45, 7) is 0. The molecule has 22 heavy (non-hydrogen) atoms. The molecule has 0 unspecified atom stereocenters. The van der Waals surface area contributed by atoms with E-state index in [1.54, 1.807) is 30.3 Å². The largest absolute Gasteiger partial charge is 0.350 e. The third-order valence-electron chi connectivity index (χ3n) is 3.11. The Labute approximate surface area is 126 Å². The number of carbonyl (C=O) groups excluding carboxylic acids is 2. The number of hydrogen-bond donors (Lipinski definition) is 1. The maximum absolute atomic E-state index is 12.1. The minimum Gasteiger partial charge on any atom is -0.350 e. The number of rotatable bonds is 4. The molecule has 0 aliphatic rings. The maximum Gasteiger partial charge on any atom is 0.294 e. The van der Waals surface area contributed by atoms with Gasteiger partial charge in [0.2, 0.25) is 5.76 Å². The lowest BCUT2D eigenvalue weighted by Gasteiger charge is -2.02. The quantitative estimate of drug-likeness (QED) is 0.748. The summed E-state index contributed by atoms with van der Waals surface area (Å²) in [6.07, 6.45) is 0.744. The van der Waals surface area contributed by atoms with E-state index in [0.29, 0.717) is 16.9 Å². The monoisotopic (exact) mass is 292 g/mol. The van der Waals surface area contributed by atoms with Gasteiger partial charge in [0.25, 0.3) is 5.91 Å². The molecule has 0 spiro atoms. The van der Waals surface area contributed by atoms with Crippen molar-refractivity contribution in [3.63, 3.8) is 0 Å². The van der Waals surface area contributed by atoms with Crippen LogP contribution in [-0.2, 0) is 0 Å². The van der Waals surface area contributed by atoms with E-state index in [0.717, 1.165) is 11.8 Å². The van der Waals surface area contributed by atoms with Gasteiger partial charge < -0.3 is 9.84 Å². The predicted octanol–water partition coefficient (Wildman–Crippen LogP) is 3.41. The Hall–Kier alpha value is -3.21. The second-order valence-electron chi connectivity index (χ2n) is 4.64. The van der Waals surface area contributed by atoms with Gasteiger partial charge in [-0.05, 0) is 24.3 Å². The topological polar surface area (TPSA) is 72.2 Å². The zero-order chi connectivity index (χ0) is 15.4. The Bertz CT molecular complexity index is 792. The summed E-state index contributed by atoms with van der Waals surface area (Å²) in [5, 5.41) is 6.58. The third kappa shape index (κ3) is 2.93. The molecule has 0 saturated carbocycles. The van der Waals surface area contributed by atoms with E-state index in [4.69, 9.17) is 4.52 Å². The van der Waals surface area contributed by atoms with Gasteiger partial charge in [-0.1, -0.05) is 35.5 Å². The van der Waals surface area contributed by atoms with Crippen LogP contribution >= 0.6 is 0 Å². The number of nitrogens with zero attached hydrogens (tertiary/aromatic N) is 1. The predicted molar refractivity (Wildman–Crippen MR) is 81.7 cm³/mol. The van der Waals surface area contributed by atoms with Crippen LogP contribution in [0.15, 0.2) is 65.2 Å². The first-order chi connectivity index (χ1) is 10.8. The molecule has 1 N–H and O–H groups in total. The van der Waals surface area contributed by atoms with Crippen LogP contribution in [0.5, 0.6) is 0 Å². The molecule has 1 heterocycles. The first-order valence-electron chi connectivity index (χ1n) is 6.65. The lowest BCUT2D eigenvalue weighted by Crippen LogP contribution is -2.10. The number of hydrogen-bond acceptors (Lipinski definition) is 4. The zero-order valence-corrected chi connectivity index (χ0v) is 11.5. The van der Waals surface area contributed by atoms with E-state index < -0.39 is 5.91 Å². The van der Waals surface area contributed by atoms with Gasteiger partial charge >= 0.3 is 0 Å². The lowest BCUT2D eigenvalue weighted by molar-refractivity contribution is 0.0987. The van der Waals surface area contributed by atoms with Crippen molar-refractivity contribution in [1.29, 1.82) is 0 Å². The lowest BCUT2D eigenvalue weighted by atomic mass is 10.1. The molecular weight excluding hydrogens is 280 g/mol. The second-order valence-corrected chi connectivity index (χ2v) is 4.64. The summed E-state index contributed by atoms with van der Waals surface area (Å²) in [6, 6.07) is 17.6. The molecule has 0 fully saturated rings. The summed E-state index contributed by atoms with van der Waals surface area (Å²) in [5.74, 6) is -0.271. The Balaban J connectivity index is 1.75. The first kappa shape index (κ1) is 13.8. The van der Waals surface area contributed by atoms with Gasteiger partial charge in [-0.25, -0.2) is 0 Å². The van der Waals surface area contributed by atoms with Crippen molar-refractivity contribution in [2.75, 3.05) is 5.32 Å². The van der Waals surface area contributed by atoms with Crippen molar-refractivity contribution < 1.29 is 14.1 Å². The smallest absolute Gasteiger partial charge is 0.294 e. The van der Waals surface area contributed by atoms with Crippen molar-refractivity contribution in [2.45, 2.75) is 0 Å². The fourth-order valence-electron chi connectivity index (χ4n) is 1.96. The van der Waals surface area contributed by atoms with Gasteiger partial charge in [-0.2, -0.15) is 0 Å². The van der Waals surface area contributed by atoms with Gasteiger partial charge in [-0.15, -0.1) is 0 Å². The first-order valence-corrected chi connectivity index (χ1v) is 6.65. The molecule has 5 heteroatoms. The highest BCUT2D eigenvalue weighted by Gasteiger charge is 2.14. The van der Waals surface area contributed by atoms with E-state index in [9.17, 15) is 9.59 Å². The van der Waals surface area contributed by atoms with Gasteiger partial charge in [0, 0.05) is 22.9 Å². The van der Waals surface area contributed by atoms with Gasteiger partial charge in [0.15, 0.2) is 0 Å². The van der Waals surface area contributed by atoms with Gasteiger partial charge in [0.05, 0.1) is 0 Å². The van der Waals surface area contributed by atoms with E-state index in [2.05, 4.69) is 10.5 Å². The molecule has 0 bridgehead atoms. The van der Waals surface area contributed by atoms with E-state index in [1.165, 1.54) is 0 Å². The molecule has 2 aromatic carbocycles. The maximum atomic E-state index is 12.1. The molecule has 1 amide bonds. The summed E-state index contributed by atoms with van der Waals surface area (Å²) in [5.41, 5.74) is 2.60. The highest BCUT2D eigenvalue weighted by molar-refractivity contribution is 6.02. The van der Waals surface area contributed by atoms with Crippen LogP contribution in [-0.4, -0.2) is 17.4 Å². The molecule has 3 rings (SSSR count). The minimum atomic E-state index is -0.395. The summed E-state index contributed by atoms with van der Waals surface area (Å²) in [4.78, 5) is 22.7. The molecular formula is C17H12N2O3. The number of amides is 1. The molecule has 5 nitrogen and oxygen atoms in total. The highest BCUT2D eigenvalue weighted by Crippen LogP contribution is 2.19. The zero-order valence-electron chi connectivity index (χ0n) is 11.5. The summed E-state index contributed by atoms with van der Waals surface area (Å²) in [7, 11) is 0. The number of aldehydes is 1. The average Bonchev–Trinajstić information content (AvgIpc) is 3.06. The molecule has 1 aromatic heterocycles. The number of anilines is 1. The molecule has 3 aromatic rings. The summed E-state index contributed by atoms with van der Waals surface area (Å²) >= 11 is 0. The Morgan fingerprint density at radius 2 is 1.77 bits per heavy atom. The number of nitrogens with one attached hydrogen (secondary N) is 1. The van der Waals surface area contributed by atoms with Crippen molar-refractivity contribution in [1.82, 2.24) is 5.16 Å².